The molecule has 0 aliphatic rings. The summed E-state index contributed by atoms with van der Waals surface area (Å²) in [6, 6.07) is 19.1. The Morgan fingerprint density at radius 3 is 1.93 bits per heavy atom. The summed E-state index contributed by atoms with van der Waals surface area (Å²) in [7, 11) is 0. The average molecular weight is 389 g/mol. The van der Waals surface area contributed by atoms with Crippen molar-refractivity contribution in [2.75, 3.05) is 0 Å². The number of hydrogen-bond acceptors (Lipinski definition) is 0. The summed E-state index contributed by atoms with van der Waals surface area (Å²) in [4.78, 5) is 0. The van der Waals surface area contributed by atoms with Crippen LogP contribution in [0, 0.1) is 0 Å². The van der Waals surface area contributed by atoms with E-state index in [9.17, 15) is 0 Å². The average Bonchev–Trinajstić information content (AvgIpc) is 2.23. The summed E-state index contributed by atoms with van der Waals surface area (Å²) in [5, 5.41) is 0.829. The fraction of sp³-hybridized carbons (Fsp3) is 0. The van der Waals surface area contributed by atoms with E-state index < -0.39 is 24.6 Å². The Hall–Kier alpha value is -0.335. The Morgan fingerprint density at radius 2 is 1.29 bits per heavy atom. The van der Waals surface area contributed by atoms with Crippen LogP contribution in [0.1, 0.15) is 0 Å². The predicted octanol–water partition coefficient (Wildman–Crippen LogP) is 2.37. The van der Waals surface area contributed by atoms with Crippen molar-refractivity contribution in [1.82, 2.24) is 0 Å². The second-order valence-corrected chi connectivity index (χ2v) is 11.4. The Kier molecular flexibility index (Phi) is 3.60. The number of halogens is 1. The first kappa shape index (κ1) is 10.2. The molecule has 0 aliphatic heterocycles. The van der Waals surface area contributed by atoms with Crippen LogP contribution in [0.15, 0.2) is 54.6 Å². The zero-order chi connectivity index (χ0) is 9.80. The Morgan fingerprint density at radius 1 is 0.714 bits per heavy atom. The summed E-state index contributed by atoms with van der Waals surface area (Å²) in [6.45, 7) is 0. The number of hydrogen-bond donors (Lipinski definition) is 0. The molecule has 66 valence electrons. The third-order valence-corrected chi connectivity index (χ3v) is 9.26. The Bertz CT molecular complexity index is 394. The van der Waals surface area contributed by atoms with Crippen molar-refractivity contribution in [2.24, 2.45) is 0 Å². The van der Waals surface area contributed by atoms with Gasteiger partial charge in [0.15, 0.2) is 0 Å². The number of benzene rings is 2. The Balaban J connectivity index is 2.16. The summed E-state index contributed by atoms with van der Waals surface area (Å²) < 4.78 is 3.07. The third-order valence-electron chi connectivity index (χ3n) is 2.16. The predicted molar refractivity (Wildman–Crippen MR) is 57.2 cm³/mol. The van der Waals surface area contributed by atoms with Crippen molar-refractivity contribution in [3.8, 4) is 0 Å². The van der Waals surface area contributed by atoms with Crippen molar-refractivity contribution in [3.05, 3.63) is 59.6 Å². The van der Waals surface area contributed by atoms with Crippen LogP contribution in [0.3, 0.4) is 0 Å². The van der Waals surface area contributed by atoms with Crippen molar-refractivity contribution < 1.29 is 24.6 Å². The van der Waals surface area contributed by atoms with Gasteiger partial charge >= 0.3 is 102 Å². The molecule has 0 saturated carbocycles. The molecule has 0 amide bonds. The van der Waals surface area contributed by atoms with Gasteiger partial charge < -0.3 is 0 Å². The maximum atomic E-state index is 5.84. The molecular formula is C12H9ClHg. The van der Waals surface area contributed by atoms with Gasteiger partial charge in [-0.3, -0.25) is 0 Å². The molecule has 0 N–H and O–H groups in total. The molecule has 0 bridgehead atoms. The second kappa shape index (κ2) is 4.95. The molecule has 2 aromatic rings. The quantitative estimate of drug-likeness (QED) is 0.692. The fourth-order valence-electron chi connectivity index (χ4n) is 1.43. The van der Waals surface area contributed by atoms with Gasteiger partial charge in [-0.15, -0.1) is 0 Å². The minimum atomic E-state index is -1.08. The standard InChI is InChI=1S/C6H4Cl.C6H5.Hg/c7-6-4-2-1-3-5-6;1-2-4-6-5-3-1;/h2-5H;1-5H;. The molecule has 2 heteroatoms. The van der Waals surface area contributed by atoms with E-state index in [-0.39, 0.29) is 0 Å². The molecule has 0 saturated heterocycles. The Labute approximate surface area is 101 Å². The van der Waals surface area contributed by atoms with Crippen LogP contribution in [0.5, 0.6) is 0 Å². The van der Waals surface area contributed by atoms with Crippen molar-refractivity contribution in [1.29, 1.82) is 0 Å². The van der Waals surface area contributed by atoms with Crippen molar-refractivity contribution >= 4 is 17.7 Å². The molecule has 2 aromatic carbocycles. The first-order valence-electron chi connectivity index (χ1n) is 4.63. The molecule has 0 aliphatic carbocycles. The van der Waals surface area contributed by atoms with E-state index in [0.29, 0.717) is 0 Å². The molecule has 2 rings (SSSR count). The molecule has 14 heavy (non-hydrogen) atoms. The van der Waals surface area contributed by atoms with E-state index in [2.05, 4.69) is 42.5 Å². The molecule has 0 nitrogen and oxygen atoms in total. The van der Waals surface area contributed by atoms with Gasteiger partial charge in [0.25, 0.3) is 0 Å². The van der Waals surface area contributed by atoms with Gasteiger partial charge in [-0.2, -0.15) is 0 Å². The SMILES string of the molecule is Clc1cc[c]([Hg][c]2ccccc2)cc1. The van der Waals surface area contributed by atoms with Gasteiger partial charge in [-0.25, -0.2) is 0 Å². The summed E-state index contributed by atoms with van der Waals surface area (Å²) in [5.41, 5.74) is 0. The molecule has 0 heterocycles. The van der Waals surface area contributed by atoms with Crippen molar-refractivity contribution in [3.63, 3.8) is 0 Å². The van der Waals surface area contributed by atoms with Crippen molar-refractivity contribution in [2.45, 2.75) is 0 Å². The van der Waals surface area contributed by atoms with Crippen LogP contribution in [0.4, 0.5) is 0 Å². The van der Waals surface area contributed by atoms with Gasteiger partial charge in [0.2, 0.25) is 0 Å². The maximum absolute atomic E-state index is 5.84. The van der Waals surface area contributed by atoms with Crippen LogP contribution >= 0.6 is 11.6 Å². The van der Waals surface area contributed by atoms with Crippen LogP contribution in [0.2, 0.25) is 5.02 Å². The van der Waals surface area contributed by atoms with E-state index in [1.54, 1.807) is 3.07 Å². The van der Waals surface area contributed by atoms with Gasteiger partial charge in [-0.1, -0.05) is 0 Å². The molecule has 0 unspecified atom stereocenters. The summed E-state index contributed by atoms with van der Waals surface area (Å²) >= 11 is 4.76. The second-order valence-electron chi connectivity index (χ2n) is 3.29. The molecule has 0 radical (unpaired) electrons. The van der Waals surface area contributed by atoms with Crippen LogP contribution < -0.4 is 6.14 Å². The van der Waals surface area contributed by atoms with Crippen LogP contribution in [-0.4, -0.2) is 0 Å². The minimum absolute atomic E-state index is 0.829. The zero-order valence-corrected chi connectivity index (χ0v) is 14.0. The van der Waals surface area contributed by atoms with Gasteiger partial charge in [0.05, 0.1) is 0 Å². The van der Waals surface area contributed by atoms with E-state index in [0.717, 1.165) is 5.02 Å². The monoisotopic (exact) mass is 390 g/mol. The van der Waals surface area contributed by atoms with E-state index in [1.807, 2.05) is 12.1 Å². The van der Waals surface area contributed by atoms with E-state index in [4.69, 9.17) is 11.6 Å². The number of rotatable bonds is 2. The summed E-state index contributed by atoms with van der Waals surface area (Å²) in [5.74, 6) is 0. The fourth-order valence-corrected chi connectivity index (χ4v) is 7.20. The zero-order valence-electron chi connectivity index (χ0n) is 7.78. The van der Waals surface area contributed by atoms with Gasteiger partial charge in [0.1, 0.15) is 0 Å². The molecule has 0 fully saturated rings. The van der Waals surface area contributed by atoms with E-state index >= 15 is 0 Å². The molecule has 0 atom stereocenters. The normalized spacial score (nSPS) is 9.50. The van der Waals surface area contributed by atoms with Crippen LogP contribution in [-0.2, 0) is 24.6 Å². The molecule has 0 aromatic heterocycles. The van der Waals surface area contributed by atoms with Gasteiger partial charge in [-0.05, 0) is 0 Å². The first-order valence-corrected chi connectivity index (χ1v) is 10.5. The van der Waals surface area contributed by atoms with E-state index in [1.165, 1.54) is 3.07 Å². The van der Waals surface area contributed by atoms with Crippen LogP contribution in [0.25, 0.3) is 0 Å². The topological polar surface area (TPSA) is 0 Å². The third kappa shape index (κ3) is 2.83. The molecule has 0 spiro atoms. The molecular weight excluding hydrogens is 380 g/mol. The first-order chi connectivity index (χ1) is 6.84. The summed E-state index contributed by atoms with van der Waals surface area (Å²) in [6.07, 6.45) is 0. The van der Waals surface area contributed by atoms with Gasteiger partial charge in [0, 0.05) is 0 Å².